The molecule has 6 aromatic rings. The van der Waals surface area contributed by atoms with Crippen LogP contribution in [0.15, 0.2) is 60.9 Å². The number of ether oxygens (including phenoxy) is 4. The number of benzene rings is 2. The van der Waals surface area contributed by atoms with Gasteiger partial charge in [-0.25, -0.2) is 28.3 Å². The predicted molar refractivity (Wildman–Crippen MR) is 262 cm³/mol. The van der Waals surface area contributed by atoms with E-state index < -0.39 is 53.9 Å². The number of hydrogen-bond donors (Lipinski definition) is 4. The first-order valence-corrected chi connectivity index (χ1v) is 25.5. The zero-order valence-electron chi connectivity index (χ0n) is 40.5. The van der Waals surface area contributed by atoms with Gasteiger partial charge in [0.2, 0.25) is 18.0 Å². The van der Waals surface area contributed by atoms with Crippen LogP contribution < -0.4 is 15.4 Å². The topological polar surface area (TPSA) is 198 Å². The van der Waals surface area contributed by atoms with Crippen molar-refractivity contribution in [1.29, 1.82) is 0 Å². The summed E-state index contributed by atoms with van der Waals surface area (Å²) in [5.74, 6) is 0.655. The van der Waals surface area contributed by atoms with E-state index in [0.717, 1.165) is 53.4 Å². The third-order valence-electron chi connectivity index (χ3n) is 14.9. The van der Waals surface area contributed by atoms with Crippen molar-refractivity contribution in [2.45, 2.75) is 107 Å². The molecule has 11 rings (SSSR count). The average Bonchev–Trinajstić information content (AvgIpc) is 4.11. The molecule has 0 bridgehead atoms. The third kappa shape index (κ3) is 8.85. The van der Waals surface area contributed by atoms with Gasteiger partial charge in [0.05, 0.1) is 71.7 Å². The highest BCUT2D eigenvalue weighted by atomic mass is 32.1. The number of nitrogens with one attached hydrogen (secondary N) is 4. The fraction of sp³-hybridized carbons (Fsp3) is 0.462. The Bertz CT molecular complexity index is 3060. The van der Waals surface area contributed by atoms with Crippen molar-refractivity contribution in [2.75, 3.05) is 40.5 Å². The Labute approximate surface area is 417 Å². The number of aromatic amines is 2. The Hall–Kier alpha value is -6.80. The molecule has 72 heavy (non-hydrogen) atoms. The summed E-state index contributed by atoms with van der Waals surface area (Å²) in [6.45, 7) is 4.37. The molecule has 3 saturated heterocycles. The second-order valence-electron chi connectivity index (χ2n) is 19.9. The number of H-pyrrole nitrogens is 2. The van der Waals surface area contributed by atoms with Crippen LogP contribution in [0.1, 0.15) is 111 Å². The van der Waals surface area contributed by atoms with Crippen molar-refractivity contribution in [2.24, 2.45) is 5.92 Å². The number of alkyl halides is 1. The molecule has 20 heteroatoms. The van der Waals surface area contributed by atoms with Crippen LogP contribution in [0, 0.1) is 11.7 Å². The van der Waals surface area contributed by atoms with Crippen molar-refractivity contribution < 1.29 is 46.9 Å². The Kier molecular flexibility index (Phi) is 12.5. The normalized spacial score (nSPS) is 20.9. The van der Waals surface area contributed by atoms with Crippen LogP contribution in [0.3, 0.4) is 0 Å². The molecule has 5 aliphatic rings. The van der Waals surface area contributed by atoms with Crippen LogP contribution in [0.2, 0.25) is 0 Å². The third-order valence-corrected chi connectivity index (χ3v) is 16.1. The zero-order chi connectivity index (χ0) is 50.0. The van der Waals surface area contributed by atoms with Gasteiger partial charge in [-0.3, -0.25) is 14.2 Å². The summed E-state index contributed by atoms with van der Waals surface area (Å²) >= 11 is 1.71. The lowest BCUT2D eigenvalue weighted by molar-refractivity contribution is -0.138. The van der Waals surface area contributed by atoms with Gasteiger partial charge in [0.15, 0.2) is 0 Å². The molecule has 2 aromatic carbocycles. The van der Waals surface area contributed by atoms with Crippen LogP contribution in [0.5, 0.6) is 5.75 Å². The van der Waals surface area contributed by atoms with Crippen LogP contribution in [0.4, 0.5) is 18.4 Å². The standard InChI is InChI=1S/C52H57F2N9O8S/c1-52(2,54)44(60-51(67)69-4)48(65)62-18-6-8-37(62)46-56-26-34(58-46)30-22-32(53)42-38-23-31-21-29(11-12-35(31)63(38)49(71-39(42)24-30)41-14-13-40(72-41)27-9-10-27)33-25-55-45(57-33)36-7-5-17-61(36)47(64)43(59-50(66)68-3)28-15-19-70-20-16-28/h11-14,21-28,36-37,43-44,49H,5-10,15-20H2,1-4H3,(H,55,57)(H,56,58)(H,59,66)(H,60,67)/t36-,37-,43-,44+,49?/m0/s1. The van der Waals surface area contributed by atoms with Crippen molar-refractivity contribution in [1.82, 2.24) is 44.9 Å². The number of carbonyl (C=O) groups is 4. The molecule has 4 aromatic heterocycles. The largest absolute Gasteiger partial charge is 0.464 e. The minimum absolute atomic E-state index is 0.0815. The minimum atomic E-state index is -2.09. The lowest BCUT2D eigenvalue weighted by atomic mass is 9.90. The van der Waals surface area contributed by atoms with E-state index >= 15 is 8.78 Å². The Morgan fingerprint density at radius 2 is 1.43 bits per heavy atom. The summed E-state index contributed by atoms with van der Waals surface area (Å²) in [6.07, 6.45) is 7.48. The number of fused-ring (bicyclic) bond motifs is 5. The van der Waals surface area contributed by atoms with E-state index in [0.29, 0.717) is 104 Å². The fourth-order valence-electron chi connectivity index (χ4n) is 11.0. The first kappa shape index (κ1) is 47.5. The Morgan fingerprint density at radius 3 is 2.08 bits per heavy atom. The maximum atomic E-state index is 17.0. The number of alkyl carbamates (subject to hydrolysis) is 2. The van der Waals surface area contributed by atoms with Crippen molar-refractivity contribution in [3.05, 3.63) is 88.1 Å². The van der Waals surface area contributed by atoms with E-state index in [1.807, 2.05) is 29.2 Å². The van der Waals surface area contributed by atoms with Gasteiger partial charge in [-0.1, -0.05) is 6.07 Å². The SMILES string of the molecule is COC(=O)N[C@H](C(=O)N1CCC[C@H]1c1ncc(-c2ccc3c(c2)cc2n3C(c3ccc(C4CC4)s3)Oc3cc(-c4cnc([C@@H]5CCCN5C(=O)[C@@H](NC(=O)OC)C(C)(C)F)[nH]4)cc(F)c3-2)[nH]1)C1CCOCC1. The van der Waals surface area contributed by atoms with E-state index in [1.165, 1.54) is 36.8 Å². The maximum absolute atomic E-state index is 17.0. The van der Waals surface area contributed by atoms with Crippen molar-refractivity contribution >= 4 is 46.2 Å². The highest BCUT2D eigenvalue weighted by Crippen LogP contribution is 2.50. The number of likely N-dealkylation sites (tertiary alicyclic amines) is 2. The van der Waals surface area contributed by atoms with Gasteiger partial charge in [-0.05, 0) is 120 Å². The maximum Gasteiger partial charge on any atom is 0.407 e. The number of hydrogen-bond acceptors (Lipinski definition) is 11. The summed E-state index contributed by atoms with van der Waals surface area (Å²) in [4.78, 5) is 74.5. The number of methoxy groups -OCH3 is 2. The molecule has 4 aliphatic heterocycles. The van der Waals surface area contributed by atoms with E-state index in [-0.39, 0.29) is 17.9 Å². The number of rotatable bonds is 12. The van der Waals surface area contributed by atoms with Crippen LogP contribution >= 0.6 is 11.3 Å². The van der Waals surface area contributed by atoms with Crippen LogP contribution in [-0.2, 0) is 23.8 Å². The second-order valence-corrected chi connectivity index (χ2v) is 21.1. The Morgan fingerprint density at radius 1 is 0.792 bits per heavy atom. The molecule has 17 nitrogen and oxygen atoms in total. The number of thiophene rings is 1. The highest BCUT2D eigenvalue weighted by molar-refractivity contribution is 7.12. The number of imidazole rings is 2. The highest BCUT2D eigenvalue weighted by Gasteiger charge is 2.44. The quantitative estimate of drug-likeness (QED) is 0.0918. The van der Waals surface area contributed by atoms with Gasteiger partial charge >= 0.3 is 12.2 Å². The first-order valence-electron chi connectivity index (χ1n) is 24.7. The monoisotopic (exact) mass is 1010 g/mol. The minimum Gasteiger partial charge on any atom is -0.464 e. The molecule has 1 unspecified atom stereocenters. The van der Waals surface area contributed by atoms with Gasteiger partial charge in [-0.15, -0.1) is 11.3 Å². The van der Waals surface area contributed by atoms with Gasteiger partial charge in [0.1, 0.15) is 41.0 Å². The van der Waals surface area contributed by atoms with E-state index in [1.54, 1.807) is 23.7 Å². The zero-order valence-corrected chi connectivity index (χ0v) is 41.3. The lowest BCUT2D eigenvalue weighted by Crippen LogP contribution is -2.56. The molecule has 4 amide bonds. The van der Waals surface area contributed by atoms with E-state index in [2.05, 4.69) is 53.1 Å². The number of amides is 4. The molecule has 1 aliphatic carbocycles. The molecule has 0 spiro atoms. The van der Waals surface area contributed by atoms with E-state index in [9.17, 15) is 19.2 Å². The molecule has 0 radical (unpaired) electrons. The van der Waals surface area contributed by atoms with Crippen molar-refractivity contribution in [3.63, 3.8) is 0 Å². The summed E-state index contributed by atoms with van der Waals surface area (Å²) in [5, 5.41) is 6.04. The van der Waals surface area contributed by atoms with Crippen LogP contribution in [-0.4, -0.2) is 117 Å². The summed E-state index contributed by atoms with van der Waals surface area (Å²) in [5.41, 5.74) is 2.34. The summed E-state index contributed by atoms with van der Waals surface area (Å²) < 4.78 is 56.4. The lowest BCUT2D eigenvalue weighted by Gasteiger charge is -2.34. The molecule has 5 atom stereocenters. The number of nitrogens with zero attached hydrogens (tertiary/aromatic N) is 5. The number of halogens is 2. The second kappa shape index (κ2) is 19.0. The van der Waals surface area contributed by atoms with Gasteiger partial charge in [-0.2, -0.15) is 0 Å². The average molecular weight is 1010 g/mol. The van der Waals surface area contributed by atoms with Crippen LogP contribution in [0.25, 0.3) is 44.7 Å². The summed E-state index contributed by atoms with van der Waals surface area (Å²) in [6, 6.07) is 12.5. The van der Waals surface area contributed by atoms with E-state index in [4.69, 9.17) is 19.2 Å². The smallest absolute Gasteiger partial charge is 0.407 e. The molecule has 4 N–H and O–H groups in total. The molecule has 8 heterocycles. The molecular formula is C52H57F2N9O8S. The molecular weight excluding hydrogens is 949 g/mol. The summed E-state index contributed by atoms with van der Waals surface area (Å²) in [7, 11) is 2.44. The Balaban J connectivity index is 0.896. The first-order chi connectivity index (χ1) is 34.8. The van der Waals surface area contributed by atoms with Gasteiger partial charge in [0.25, 0.3) is 0 Å². The number of carbonyl (C=O) groups excluding carboxylic acids is 4. The number of aromatic nitrogens is 5. The fourth-order valence-corrected chi connectivity index (χ4v) is 12.2. The van der Waals surface area contributed by atoms with Gasteiger partial charge in [0, 0.05) is 47.7 Å². The molecule has 1 saturated carbocycles. The molecule has 4 fully saturated rings. The van der Waals surface area contributed by atoms with Gasteiger partial charge < -0.3 is 49.3 Å². The molecule has 378 valence electrons. The van der Waals surface area contributed by atoms with Crippen molar-refractivity contribution in [3.8, 4) is 39.5 Å². The predicted octanol–water partition coefficient (Wildman–Crippen LogP) is 9.06.